The van der Waals surface area contributed by atoms with Crippen LogP contribution in [-0.2, 0) is 22.9 Å². The molecule has 0 aliphatic carbocycles. The fourth-order valence-electron chi connectivity index (χ4n) is 10.8. The molecule has 71 heavy (non-hydrogen) atoms. The Morgan fingerprint density at radius 2 is 1.07 bits per heavy atom. The summed E-state index contributed by atoms with van der Waals surface area (Å²) >= 11 is 0. The molecule has 5 heteroatoms. The Hall–Kier alpha value is -7.89. The molecule has 1 aliphatic rings. The summed E-state index contributed by atoms with van der Waals surface area (Å²) in [4.78, 5) is 7.35. The fourth-order valence-corrected chi connectivity index (χ4v) is 10.8. The molecule has 350 valence electrons. The third-order valence-electron chi connectivity index (χ3n) is 14.7. The van der Waals surface area contributed by atoms with E-state index in [1.165, 1.54) is 43.4 Å². The van der Waals surface area contributed by atoms with Crippen molar-refractivity contribution in [2.75, 3.05) is 4.90 Å². The second-order valence-corrected chi connectivity index (χ2v) is 22.5. The molecule has 0 bridgehead atoms. The van der Waals surface area contributed by atoms with Crippen molar-refractivity contribution < 1.29 is 6.11 Å². The molecule has 0 amide bonds. The summed E-state index contributed by atoms with van der Waals surface area (Å²) in [5, 5.41) is 9.44. The lowest BCUT2D eigenvalue weighted by molar-refractivity contribution is 0.483. The van der Waals surface area contributed by atoms with E-state index in [9.17, 15) is 0 Å². The van der Waals surface area contributed by atoms with Gasteiger partial charge in [-0.1, -0.05) is 178 Å². The van der Waals surface area contributed by atoms with Gasteiger partial charge in [-0.25, -0.2) is 4.98 Å². The van der Waals surface area contributed by atoms with Crippen LogP contribution in [0.1, 0.15) is 80.4 Å². The van der Waals surface area contributed by atoms with Crippen molar-refractivity contribution in [1.82, 2.24) is 14.1 Å². The molecule has 4 heterocycles. The second kappa shape index (κ2) is 16.3. The summed E-state index contributed by atoms with van der Waals surface area (Å²) in [6, 6.07) is 64.2. The first-order valence-electron chi connectivity index (χ1n) is 25.5. The predicted octanol–water partition coefficient (Wildman–Crippen LogP) is 18.2. The molecule has 3 aromatic heterocycles. The molecule has 0 radical (unpaired) electrons. The second-order valence-electron chi connectivity index (χ2n) is 22.5. The number of rotatable bonds is 5. The molecule has 12 rings (SSSR count). The molecule has 11 aromatic rings. The van der Waals surface area contributed by atoms with Crippen LogP contribution < -0.4 is 9.64 Å². The minimum atomic E-state index is -0.137. The number of pyridine rings is 1. The van der Waals surface area contributed by atoms with Gasteiger partial charge in [-0.3, -0.25) is 4.57 Å². The molecular formula is C66H60N4O. The number of fused-ring (bicyclic) bond motifs is 10. The van der Waals surface area contributed by atoms with E-state index in [1.807, 2.05) is 18.3 Å². The Labute approximate surface area is 418 Å². The van der Waals surface area contributed by atoms with Crippen LogP contribution in [0, 0.1) is 0 Å². The number of para-hydroxylation sites is 3. The van der Waals surface area contributed by atoms with Gasteiger partial charge in [0.15, 0.2) is 0 Å². The number of hydrogen-bond donors (Lipinski definition) is 0. The van der Waals surface area contributed by atoms with Crippen molar-refractivity contribution >= 4 is 76.5 Å². The highest BCUT2D eigenvalue weighted by Crippen LogP contribution is 2.46. The zero-order valence-electron chi connectivity index (χ0n) is 43.2. The van der Waals surface area contributed by atoms with Gasteiger partial charge in [0.1, 0.15) is 24.0 Å². The van der Waals surface area contributed by atoms with Crippen LogP contribution in [0.4, 0.5) is 11.4 Å². The maximum atomic E-state index is 9.11. The molecule has 0 unspecified atom stereocenters. The molecule has 0 atom stereocenters. The molecule has 0 fully saturated rings. The Morgan fingerprint density at radius 1 is 0.465 bits per heavy atom. The van der Waals surface area contributed by atoms with Crippen molar-refractivity contribution in [2.45, 2.75) is 85.2 Å². The first-order valence-corrected chi connectivity index (χ1v) is 25.0. The van der Waals surface area contributed by atoms with E-state index >= 15 is 0 Å². The third-order valence-corrected chi connectivity index (χ3v) is 14.7. The predicted molar refractivity (Wildman–Crippen MR) is 301 cm³/mol. The SMILES string of the molecule is [2H]c1cc(-c2cccc3c4ccccc4c4cc(C(C)(C)C)ccc4c4cccc5c4n(c23)CN5c2cccc(Oc3ccc4c5ccccc5n(-c5cc(C(C)(C)C)ccn5)c4c3)c2)cc(C(C)(C)C)c1. The number of nitrogens with zero attached hydrogens (tertiary/aromatic N) is 4. The van der Waals surface area contributed by atoms with Crippen molar-refractivity contribution in [3.63, 3.8) is 0 Å². The number of aromatic nitrogens is 3. The van der Waals surface area contributed by atoms with Crippen molar-refractivity contribution in [1.29, 1.82) is 0 Å². The van der Waals surface area contributed by atoms with Crippen LogP contribution >= 0.6 is 0 Å². The van der Waals surface area contributed by atoms with E-state index in [0.29, 0.717) is 12.7 Å². The fraction of sp³-hybridized carbons (Fsp3) is 0.197. The van der Waals surface area contributed by atoms with Gasteiger partial charge in [0, 0.05) is 51.1 Å². The summed E-state index contributed by atoms with van der Waals surface area (Å²) in [6.45, 7) is 20.8. The molecule has 8 aromatic carbocycles. The van der Waals surface area contributed by atoms with Gasteiger partial charge in [-0.15, -0.1) is 0 Å². The van der Waals surface area contributed by atoms with Crippen molar-refractivity contribution in [2.24, 2.45) is 0 Å². The Morgan fingerprint density at radius 3 is 1.85 bits per heavy atom. The monoisotopic (exact) mass is 925 g/mol. The Kier molecular flexibility index (Phi) is 9.94. The first-order chi connectivity index (χ1) is 34.5. The number of ether oxygens (including phenoxy) is 1. The average Bonchev–Trinajstić information content (AvgIpc) is 3.92. The zero-order valence-corrected chi connectivity index (χ0v) is 42.2. The van der Waals surface area contributed by atoms with Crippen LogP contribution in [0.3, 0.4) is 0 Å². The highest BCUT2D eigenvalue weighted by Gasteiger charge is 2.27. The Bertz CT molecular complexity index is 4080. The standard InChI is InChI=1S/C66H60N4O/c1-64(2,3)43-19-14-18-42(36-43)49-25-16-26-55-50-22-10-11-23-51(50)57-37-44(65(4,5)6)30-32-52(57)56-27-17-29-59-63(56)69(62(49)55)41-68(59)46-20-15-21-47(39-46)71-48-31-33-54-53-24-12-13-28-58(53)70(60(54)40-48)61-38-45(34-35-67-61)66(7,8)9/h10-40H,41H2,1-9H3/i14D. The lowest BCUT2D eigenvalue weighted by Crippen LogP contribution is -2.15. The summed E-state index contributed by atoms with van der Waals surface area (Å²) in [5.74, 6) is 2.38. The van der Waals surface area contributed by atoms with Crippen LogP contribution in [0.15, 0.2) is 188 Å². The van der Waals surface area contributed by atoms with E-state index in [4.69, 9.17) is 11.1 Å². The average molecular weight is 926 g/mol. The summed E-state index contributed by atoms with van der Waals surface area (Å²) < 4.78 is 20.8. The van der Waals surface area contributed by atoms with Crippen LogP contribution in [-0.4, -0.2) is 14.1 Å². The van der Waals surface area contributed by atoms with Gasteiger partial charge in [-0.05, 0) is 115 Å². The van der Waals surface area contributed by atoms with Gasteiger partial charge in [0.05, 0.1) is 29.1 Å². The number of hydrogen-bond acceptors (Lipinski definition) is 3. The van der Waals surface area contributed by atoms with Gasteiger partial charge in [0.25, 0.3) is 0 Å². The summed E-state index contributed by atoms with van der Waals surface area (Å²) in [6.07, 6.45) is 1.92. The quantitative estimate of drug-likeness (QED) is 0.173. The van der Waals surface area contributed by atoms with E-state index in [0.717, 1.165) is 78.2 Å². The minimum Gasteiger partial charge on any atom is -0.457 e. The zero-order chi connectivity index (χ0) is 49.8. The van der Waals surface area contributed by atoms with Crippen molar-refractivity contribution in [3.05, 3.63) is 205 Å². The maximum Gasteiger partial charge on any atom is 0.137 e. The molecule has 0 saturated heterocycles. The van der Waals surface area contributed by atoms with Gasteiger partial charge in [0.2, 0.25) is 0 Å². The van der Waals surface area contributed by atoms with Crippen molar-refractivity contribution in [3.8, 4) is 28.4 Å². The van der Waals surface area contributed by atoms with E-state index < -0.39 is 0 Å². The third kappa shape index (κ3) is 7.58. The van der Waals surface area contributed by atoms with Gasteiger partial charge >= 0.3 is 0 Å². The van der Waals surface area contributed by atoms with Crippen LogP contribution in [0.25, 0.3) is 82.1 Å². The minimum absolute atomic E-state index is 0.0260. The number of benzene rings is 8. The normalized spacial score (nSPS) is 13.3. The molecule has 0 N–H and O–H groups in total. The molecule has 0 spiro atoms. The first kappa shape index (κ1) is 43.2. The smallest absolute Gasteiger partial charge is 0.137 e. The van der Waals surface area contributed by atoms with Gasteiger partial charge in [-0.2, -0.15) is 0 Å². The molecule has 0 saturated carbocycles. The van der Waals surface area contributed by atoms with Crippen LogP contribution in [0.5, 0.6) is 11.5 Å². The lowest BCUT2D eigenvalue weighted by Gasteiger charge is -2.22. The maximum absolute atomic E-state index is 9.11. The molecule has 5 nitrogen and oxygen atoms in total. The van der Waals surface area contributed by atoms with Crippen LogP contribution in [0.2, 0.25) is 0 Å². The summed E-state index contributed by atoms with van der Waals surface area (Å²) in [7, 11) is 0. The van der Waals surface area contributed by atoms with Gasteiger partial charge < -0.3 is 14.2 Å². The Balaban J connectivity index is 1.07. The lowest BCUT2D eigenvalue weighted by atomic mass is 9.85. The molecular weight excluding hydrogens is 865 g/mol. The highest BCUT2D eigenvalue weighted by molar-refractivity contribution is 6.22. The molecule has 1 aliphatic heterocycles. The largest absolute Gasteiger partial charge is 0.457 e. The topological polar surface area (TPSA) is 35.2 Å². The van der Waals surface area contributed by atoms with E-state index in [2.05, 4.69) is 240 Å². The highest BCUT2D eigenvalue weighted by atomic mass is 16.5. The van der Waals surface area contributed by atoms with E-state index in [1.54, 1.807) is 0 Å². The number of anilines is 2. The summed E-state index contributed by atoms with van der Waals surface area (Å²) in [5.41, 5.74) is 12.1. The van der Waals surface area contributed by atoms with E-state index in [-0.39, 0.29) is 16.2 Å².